The zero-order chi connectivity index (χ0) is 19.8. The fourth-order valence-electron chi connectivity index (χ4n) is 2.93. The summed E-state index contributed by atoms with van der Waals surface area (Å²) in [5, 5.41) is 3.33. The molecule has 7 heteroatoms. The first-order valence-corrected chi connectivity index (χ1v) is 10.3. The Kier molecular flexibility index (Phi) is 5.57. The number of amides is 1. The highest BCUT2D eigenvalue weighted by Gasteiger charge is 2.68. The molecule has 1 aromatic heterocycles. The van der Waals surface area contributed by atoms with E-state index in [1.807, 2.05) is 44.2 Å². The van der Waals surface area contributed by atoms with Crippen molar-refractivity contribution in [1.29, 1.82) is 0 Å². The second kappa shape index (κ2) is 7.46. The van der Waals surface area contributed by atoms with E-state index < -0.39 is 15.7 Å². The number of halogens is 2. The number of hydrogen-bond donors (Lipinski definition) is 1. The van der Waals surface area contributed by atoms with Gasteiger partial charge in [0.2, 0.25) is 5.91 Å². The van der Waals surface area contributed by atoms with Gasteiger partial charge in [0.05, 0.1) is 12.0 Å². The van der Waals surface area contributed by atoms with Crippen LogP contribution in [0.15, 0.2) is 30.3 Å². The van der Waals surface area contributed by atoms with Crippen molar-refractivity contribution in [3.8, 4) is 11.1 Å². The SMILES string of the molecule is CCCOC(=O)c1c(NC(=O)[C@]2(C)CC2(Cl)Cl)sc(C)c1-c1ccccc1. The summed E-state index contributed by atoms with van der Waals surface area (Å²) in [7, 11) is 0. The van der Waals surface area contributed by atoms with Gasteiger partial charge < -0.3 is 10.1 Å². The van der Waals surface area contributed by atoms with Crippen molar-refractivity contribution in [3.63, 3.8) is 0 Å². The number of esters is 1. The first-order chi connectivity index (χ1) is 12.7. The predicted molar refractivity (Wildman–Crippen MR) is 111 cm³/mol. The van der Waals surface area contributed by atoms with Crippen LogP contribution in [-0.2, 0) is 9.53 Å². The van der Waals surface area contributed by atoms with Gasteiger partial charge >= 0.3 is 5.97 Å². The minimum atomic E-state index is -1.07. The van der Waals surface area contributed by atoms with Crippen LogP contribution in [0.25, 0.3) is 11.1 Å². The number of thiophene rings is 1. The second-order valence-electron chi connectivity index (χ2n) is 6.91. The van der Waals surface area contributed by atoms with Crippen molar-refractivity contribution in [1.82, 2.24) is 0 Å². The maximum Gasteiger partial charge on any atom is 0.341 e. The van der Waals surface area contributed by atoms with E-state index in [0.29, 0.717) is 23.6 Å². The van der Waals surface area contributed by atoms with Crippen LogP contribution in [-0.4, -0.2) is 22.8 Å². The average Bonchev–Trinajstić information content (AvgIpc) is 2.99. The van der Waals surface area contributed by atoms with Crippen LogP contribution in [0.1, 0.15) is 41.9 Å². The van der Waals surface area contributed by atoms with Crippen LogP contribution >= 0.6 is 34.5 Å². The number of nitrogens with one attached hydrogen (secondary N) is 1. The van der Waals surface area contributed by atoms with E-state index in [1.165, 1.54) is 11.3 Å². The lowest BCUT2D eigenvalue weighted by molar-refractivity contribution is -0.120. The van der Waals surface area contributed by atoms with Crippen LogP contribution in [0.5, 0.6) is 0 Å². The van der Waals surface area contributed by atoms with Gasteiger partial charge in [0.1, 0.15) is 14.9 Å². The zero-order valence-electron chi connectivity index (χ0n) is 15.4. The molecular weight excluding hydrogens is 405 g/mol. The molecule has 0 unspecified atom stereocenters. The summed E-state index contributed by atoms with van der Waals surface area (Å²) in [5.41, 5.74) is 1.19. The van der Waals surface area contributed by atoms with Crippen molar-refractivity contribution in [2.45, 2.75) is 37.9 Å². The second-order valence-corrected chi connectivity index (χ2v) is 9.62. The Morgan fingerprint density at radius 2 is 1.89 bits per heavy atom. The lowest BCUT2D eigenvalue weighted by atomic mass is 10.0. The molecule has 0 aliphatic heterocycles. The summed E-state index contributed by atoms with van der Waals surface area (Å²) in [4.78, 5) is 26.4. The third-order valence-corrected chi connectivity index (χ3v) is 6.90. The van der Waals surface area contributed by atoms with Crippen LogP contribution in [0.3, 0.4) is 0 Å². The molecule has 0 saturated heterocycles. The number of anilines is 1. The molecule has 0 bridgehead atoms. The Balaban J connectivity index is 2.01. The first-order valence-electron chi connectivity index (χ1n) is 8.76. The molecule has 144 valence electrons. The molecule has 1 aromatic carbocycles. The van der Waals surface area contributed by atoms with Crippen molar-refractivity contribution < 1.29 is 14.3 Å². The summed E-state index contributed by atoms with van der Waals surface area (Å²) in [6.45, 7) is 5.89. The van der Waals surface area contributed by atoms with Crippen LogP contribution in [0.4, 0.5) is 5.00 Å². The smallest absolute Gasteiger partial charge is 0.341 e. The van der Waals surface area contributed by atoms with Gasteiger partial charge in [0.25, 0.3) is 0 Å². The van der Waals surface area contributed by atoms with Gasteiger partial charge in [-0.25, -0.2) is 4.79 Å². The molecule has 3 rings (SSSR count). The lowest BCUT2D eigenvalue weighted by Crippen LogP contribution is -2.26. The third-order valence-electron chi connectivity index (χ3n) is 4.77. The molecule has 1 N–H and O–H groups in total. The average molecular weight is 426 g/mol. The minimum absolute atomic E-state index is 0.294. The molecule has 1 saturated carbocycles. The highest BCUT2D eigenvalue weighted by molar-refractivity contribution is 7.17. The predicted octanol–water partition coefficient (Wildman–Crippen LogP) is 5.81. The van der Waals surface area contributed by atoms with Crippen LogP contribution in [0.2, 0.25) is 0 Å². The minimum Gasteiger partial charge on any atom is -0.462 e. The quantitative estimate of drug-likeness (QED) is 0.468. The number of aryl methyl sites for hydroxylation is 1. The lowest BCUT2D eigenvalue weighted by Gasteiger charge is -2.13. The number of carbonyl (C=O) groups is 2. The zero-order valence-corrected chi connectivity index (χ0v) is 17.7. The molecule has 1 aliphatic carbocycles. The van der Waals surface area contributed by atoms with Gasteiger partial charge in [-0.2, -0.15) is 0 Å². The summed E-state index contributed by atoms with van der Waals surface area (Å²) in [6, 6.07) is 9.60. The number of rotatable bonds is 6. The van der Waals surface area contributed by atoms with Gasteiger partial charge in [0, 0.05) is 10.4 Å². The standard InChI is InChI=1S/C20H21Cl2NO3S/c1-4-10-26-17(24)15-14(13-8-6-5-7-9-13)12(2)27-16(15)23-18(25)19(3)11-20(19,21)22/h5-9H,4,10-11H2,1-3H3,(H,23,25)/t19-/m0/s1. The molecule has 0 radical (unpaired) electrons. The molecular formula is C20H21Cl2NO3S. The van der Waals surface area contributed by atoms with Gasteiger partial charge in [-0.1, -0.05) is 37.3 Å². The molecule has 27 heavy (non-hydrogen) atoms. The van der Waals surface area contributed by atoms with Gasteiger partial charge in [-0.3, -0.25) is 4.79 Å². The maximum absolute atomic E-state index is 12.8. The largest absolute Gasteiger partial charge is 0.462 e. The van der Waals surface area contributed by atoms with Crippen LogP contribution in [0, 0.1) is 12.3 Å². The monoisotopic (exact) mass is 425 g/mol. The maximum atomic E-state index is 12.8. The molecule has 1 heterocycles. The van der Waals surface area contributed by atoms with Crippen molar-refractivity contribution in [3.05, 3.63) is 40.8 Å². The van der Waals surface area contributed by atoms with E-state index in [1.54, 1.807) is 6.92 Å². The van der Waals surface area contributed by atoms with Crippen molar-refractivity contribution >= 4 is 51.4 Å². The van der Waals surface area contributed by atoms with Gasteiger partial charge in [0.15, 0.2) is 0 Å². The number of ether oxygens (including phenoxy) is 1. The van der Waals surface area contributed by atoms with E-state index >= 15 is 0 Å². The van der Waals surface area contributed by atoms with Gasteiger partial charge in [-0.05, 0) is 32.3 Å². The number of benzene rings is 1. The van der Waals surface area contributed by atoms with E-state index in [9.17, 15) is 9.59 Å². The number of carbonyl (C=O) groups excluding carboxylic acids is 2. The summed E-state index contributed by atoms with van der Waals surface area (Å²) in [6.07, 6.45) is 1.09. The first kappa shape index (κ1) is 20.2. The Morgan fingerprint density at radius 3 is 2.44 bits per heavy atom. The van der Waals surface area contributed by atoms with E-state index in [4.69, 9.17) is 27.9 Å². The molecule has 2 aromatic rings. The van der Waals surface area contributed by atoms with Crippen LogP contribution < -0.4 is 5.32 Å². The van der Waals surface area contributed by atoms with Crippen molar-refractivity contribution in [2.75, 3.05) is 11.9 Å². The van der Waals surface area contributed by atoms with E-state index in [-0.39, 0.29) is 5.91 Å². The normalized spacial score (nSPS) is 20.2. The fourth-order valence-corrected chi connectivity index (χ4v) is 4.70. The summed E-state index contributed by atoms with van der Waals surface area (Å²) in [5.74, 6) is -0.739. The number of hydrogen-bond acceptors (Lipinski definition) is 4. The van der Waals surface area contributed by atoms with E-state index in [0.717, 1.165) is 22.4 Å². The highest BCUT2D eigenvalue weighted by Crippen LogP contribution is 2.64. The van der Waals surface area contributed by atoms with Gasteiger partial charge in [-0.15, -0.1) is 34.5 Å². The Bertz CT molecular complexity index is 879. The Morgan fingerprint density at radius 1 is 1.26 bits per heavy atom. The van der Waals surface area contributed by atoms with Crippen molar-refractivity contribution in [2.24, 2.45) is 5.41 Å². The summed E-state index contributed by atoms with van der Waals surface area (Å²) >= 11 is 13.6. The molecule has 1 amide bonds. The Labute approximate surface area is 172 Å². The molecule has 0 spiro atoms. The van der Waals surface area contributed by atoms with E-state index in [2.05, 4.69) is 5.32 Å². The summed E-state index contributed by atoms with van der Waals surface area (Å²) < 4.78 is 4.31. The molecule has 1 fully saturated rings. The Hall–Kier alpha value is -1.56. The fraction of sp³-hybridized carbons (Fsp3) is 0.400. The number of alkyl halides is 2. The topological polar surface area (TPSA) is 55.4 Å². The third kappa shape index (κ3) is 3.73. The molecule has 1 atom stereocenters. The highest BCUT2D eigenvalue weighted by atomic mass is 35.5. The molecule has 4 nitrogen and oxygen atoms in total. The molecule has 1 aliphatic rings.